The number of carbonyl (C=O) groups is 2. The molecule has 1 aromatic heterocycles. The molecule has 150 valence electrons. The molecule has 0 aliphatic carbocycles. The molecule has 0 aliphatic rings. The van der Waals surface area contributed by atoms with Gasteiger partial charge in [0.2, 0.25) is 0 Å². The average molecular weight is 401 g/mol. The maximum Gasteiger partial charge on any atom is 0.325 e. The summed E-state index contributed by atoms with van der Waals surface area (Å²) in [5.74, 6) is -0.997. The number of hydrogen-bond donors (Lipinski definition) is 2. The predicted octanol–water partition coefficient (Wildman–Crippen LogP) is 3.44. The van der Waals surface area contributed by atoms with E-state index < -0.39 is 5.91 Å². The van der Waals surface area contributed by atoms with Crippen LogP contribution in [0, 0.1) is 0 Å². The number of benzene rings is 3. The van der Waals surface area contributed by atoms with E-state index in [1.165, 1.54) is 13.3 Å². The van der Waals surface area contributed by atoms with Crippen molar-refractivity contribution >= 4 is 39.8 Å². The number of nitrogens with zero attached hydrogens (tertiary/aromatic N) is 2. The zero-order valence-corrected chi connectivity index (χ0v) is 16.2. The van der Waals surface area contributed by atoms with Crippen LogP contribution in [0.15, 0.2) is 72.0 Å². The summed E-state index contributed by atoms with van der Waals surface area (Å²) in [7, 11) is 1.34. The van der Waals surface area contributed by atoms with Crippen LogP contribution < -0.4 is 5.43 Å². The van der Waals surface area contributed by atoms with Gasteiger partial charge in [0.05, 0.1) is 18.9 Å². The van der Waals surface area contributed by atoms with Gasteiger partial charge in [-0.2, -0.15) is 5.10 Å². The number of aromatic nitrogens is 1. The predicted molar refractivity (Wildman–Crippen MR) is 115 cm³/mol. The van der Waals surface area contributed by atoms with Gasteiger partial charge >= 0.3 is 5.97 Å². The Kier molecular flexibility index (Phi) is 5.17. The molecule has 0 unspecified atom stereocenters. The van der Waals surface area contributed by atoms with Crippen molar-refractivity contribution in [3.63, 3.8) is 0 Å². The molecule has 1 amide bonds. The Labute approximate surface area is 172 Å². The van der Waals surface area contributed by atoms with Gasteiger partial charge in [0.1, 0.15) is 12.3 Å². The summed E-state index contributed by atoms with van der Waals surface area (Å²) in [6.07, 6.45) is 3.27. The number of carbonyl (C=O) groups excluding carboxylic acids is 2. The molecule has 3 aromatic carbocycles. The van der Waals surface area contributed by atoms with E-state index in [4.69, 9.17) is 4.74 Å². The highest BCUT2D eigenvalue weighted by Crippen LogP contribution is 2.25. The number of aromatic hydroxyl groups is 1. The van der Waals surface area contributed by atoms with E-state index in [2.05, 4.69) is 10.5 Å². The SMILES string of the molecule is COC(=O)Cn1cc(C=NNC(=O)c2cc3ccccc3cc2O)c2ccccc21. The van der Waals surface area contributed by atoms with E-state index in [1.807, 2.05) is 48.5 Å². The molecule has 4 aromatic rings. The normalized spacial score (nSPS) is 11.2. The van der Waals surface area contributed by atoms with Gasteiger partial charge < -0.3 is 14.4 Å². The van der Waals surface area contributed by atoms with Crippen LogP contribution in [-0.4, -0.2) is 34.9 Å². The number of fused-ring (bicyclic) bond motifs is 2. The summed E-state index contributed by atoms with van der Waals surface area (Å²) in [5, 5.41) is 16.8. The van der Waals surface area contributed by atoms with Crippen LogP contribution in [-0.2, 0) is 16.1 Å². The van der Waals surface area contributed by atoms with Crippen molar-refractivity contribution in [3.8, 4) is 5.75 Å². The van der Waals surface area contributed by atoms with E-state index in [1.54, 1.807) is 22.9 Å². The van der Waals surface area contributed by atoms with Gasteiger partial charge in [-0.3, -0.25) is 9.59 Å². The van der Waals surface area contributed by atoms with E-state index in [-0.39, 0.29) is 23.8 Å². The number of amides is 1. The quantitative estimate of drug-likeness (QED) is 0.304. The first-order valence-corrected chi connectivity index (χ1v) is 9.26. The Morgan fingerprint density at radius 3 is 2.57 bits per heavy atom. The first-order valence-electron chi connectivity index (χ1n) is 9.26. The minimum absolute atomic E-state index is 0.0716. The third kappa shape index (κ3) is 3.73. The summed E-state index contributed by atoms with van der Waals surface area (Å²) >= 11 is 0. The fourth-order valence-electron chi connectivity index (χ4n) is 3.34. The molecule has 4 rings (SSSR count). The largest absolute Gasteiger partial charge is 0.507 e. The summed E-state index contributed by atoms with van der Waals surface area (Å²) in [6.45, 7) is 0.0716. The number of esters is 1. The number of phenolic OH excluding ortho intramolecular Hbond substituents is 1. The van der Waals surface area contributed by atoms with Crippen LogP contribution in [0.3, 0.4) is 0 Å². The molecule has 7 nitrogen and oxygen atoms in total. The number of ether oxygens (including phenoxy) is 1. The minimum Gasteiger partial charge on any atom is -0.507 e. The molecule has 0 fully saturated rings. The number of hydrazone groups is 1. The lowest BCUT2D eigenvalue weighted by atomic mass is 10.1. The second-order valence-electron chi connectivity index (χ2n) is 6.72. The van der Waals surface area contributed by atoms with Crippen LogP contribution in [0.25, 0.3) is 21.7 Å². The van der Waals surface area contributed by atoms with Crippen LogP contribution >= 0.6 is 0 Å². The molecule has 0 bridgehead atoms. The summed E-state index contributed by atoms with van der Waals surface area (Å²) < 4.78 is 6.50. The molecule has 0 saturated heterocycles. The molecular weight excluding hydrogens is 382 g/mol. The third-order valence-electron chi connectivity index (χ3n) is 4.82. The standard InChI is InChI=1S/C23H19N3O4/c1-30-22(28)14-26-13-17(18-8-4-5-9-20(18)26)12-24-25-23(29)19-10-15-6-2-3-7-16(15)11-21(19)27/h2-13,27H,14H2,1H3,(H,25,29). The molecule has 1 heterocycles. The van der Waals surface area contributed by atoms with Crippen molar-refractivity contribution in [3.05, 3.63) is 78.0 Å². The monoisotopic (exact) mass is 401 g/mol. The van der Waals surface area contributed by atoms with Crippen molar-refractivity contribution < 1.29 is 19.4 Å². The highest BCUT2D eigenvalue weighted by molar-refractivity contribution is 6.03. The van der Waals surface area contributed by atoms with Gasteiger partial charge in [-0.15, -0.1) is 0 Å². The molecule has 30 heavy (non-hydrogen) atoms. The third-order valence-corrected chi connectivity index (χ3v) is 4.82. The Balaban J connectivity index is 1.57. The van der Waals surface area contributed by atoms with E-state index in [0.29, 0.717) is 0 Å². The number of hydrogen-bond acceptors (Lipinski definition) is 5. The zero-order valence-electron chi connectivity index (χ0n) is 16.2. The van der Waals surface area contributed by atoms with Crippen molar-refractivity contribution in [1.82, 2.24) is 9.99 Å². The first-order chi connectivity index (χ1) is 14.6. The first kappa shape index (κ1) is 19.2. The van der Waals surface area contributed by atoms with Crippen molar-refractivity contribution in [2.75, 3.05) is 7.11 Å². The molecule has 0 aliphatic heterocycles. The number of methoxy groups -OCH3 is 1. The second kappa shape index (κ2) is 8.08. The topological polar surface area (TPSA) is 92.9 Å². The molecule has 0 spiro atoms. The van der Waals surface area contributed by atoms with E-state index in [9.17, 15) is 14.7 Å². The lowest BCUT2D eigenvalue weighted by Gasteiger charge is -2.05. The Bertz CT molecular complexity index is 1290. The minimum atomic E-state index is -0.521. The molecule has 0 atom stereocenters. The average Bonchev–Trinajstić information content (AvgIpc) is 3.10. The Morgan fingerprint density at radius 2 is 1.80 bits per heavy atom. The summed E-state index contributed by atoms with van der Waals surface area (Å²) in [6, 6.07) is 18.2. The van der Waals surface area contributed by atoms with Gasteiger partial charge in [-0.05, 0) is 29.0 Å². The number of phenols is 1. The lowest BCUT2D eigenvalue weighted by molar-refractivity contribution is -0.141. The van der Waals surface area contributed by atoms with E-state index >= 15 is 0 Å². The van der Waals surface area contributed by atoms with Gasteiger partial charge in [0.15, 0.2) is 0 Å². The molecule has 0 radical (unpaired) electrons. The summed E-state index contributed by atoms with van der Waals surface area (Å²) in [4.78, 5) is 24.2. The second-order valence-corrected chi connectivity index (χ2v) is 6.72. The summed E-state index contributed by atoms with van der Waals surface area (Å²) in [5.41, 5.74) is 4.17. The number of rotatable bonds is 5. The maximum atomic E-state index is 12.5. The van der Waals surface area contributed by atoms with Crippen LogP contribution in [0.4, 0.5) is 0 Å². The molecule has 0 saturated carbocycles. The van der Waals surface area contributed by atoms with Gasteiger partial charge in [-0.25, -0.2) is 5.43 Å². The van der Waals surface area contributed by atoms with Crippen LogP contribution in [0.5, 0.6) is 5.75 Å². The fraction of sp³-hybridized carbons (Fsp3) is 0.0870. The zero-order chi connectivity index (χ0) is 21.1. The smallest absolute Gasteiger partial charge is 0.325 e. The Hall–Kier alpha value is -4.13. The maximum absolute atomic E-state index is 12.5. The van der Waals surface area contributed by atoms with Crippen LogP contribution in [0.1, 0.15) is 15.9 Å². The highest BCUT2D eigenvalue weighted by atomic mass is 16.5. The van der Waals surface area contributed by atoms with Crippen LogP contribution in [0.2, 0.25) is 0 Å². The van der Waals surface area contributed by atoms with Gasteiger partial charge in [-0.1, -0.05) is 42.5 Å². The van der Waals surface area contributed by atoms with Crippen molar-refractivity contribution in [1.29, 1.82) is 0 Å². The number of para-hydroxylation sites is 1. The Morgan fingerprint density at radius 1 is 1.10 bits per heavy atom. The number of nitrogens with one attached hydrogen (secondary N) is 1. The lowest BCUT2D eigenvalue weighted by Crippen LogP contribution is -2.17. The van der Waals surface area contributed by atoms with Crippen molar-refractivity contribution in [2.45, 2.75) is 6.54 Å². The molecule has 7 heteroatoms. The van der Waals surface area contributed by atoms with Crippen molar-refractivity contribution in [2.24, 2.45) is 5.10 Å². The van der Waals surface area contributed by atoms with E-state index in [0.717, 1.165) is 27.2 Å². The van der Waals surface area contributed by atoms with Gasteiger partial charge in [0, 0.05) is 22.7 Å². The highest BCUT2D eigenvalue weighted by Gasteiger charge is 2.13. The fourth-order valence-corrected chi connectivity index (χ4v) is 3.34. The molecular formula is C23H19N3O4. The van der Waals surface area contributed by atoms with Gasteiger partial charge in [0.25, 0.3) is 5.91 Å². The molecule has 2 N–H and O–H groups in total.